The molecule has 1 aromatic carbocycles. The van der Waals surface area contributed by atoms with Gasteiger partial charge in [0.25, 0.3) is 0 Å². The lowest BCUT2D eigenvalue weighted by Gasteiger charge is -2.20. The number of amides is 1. The van der Waals surface area contributed by atoms with Gasteiger partial charge in [-0.2, -0.15) is 0 Å². The van der Waals surface area contributed by atoms with Gasteiger partial charge in [0.05, 0.1) is 18.2 Å². The predicted octanol–water partition coefficient (Wildman–Crippen LogP) is 1.10. The Hall–Kier alpha value is -1.82. The van der Waals surface area contributed by atoms with E-state index in [-0.39, 0.29) is 12.1 Å². The Morgan fingerprint density at radius 1 is 1.37 bits per heavy atom. The van der Waals surface area contributed by atoms with E-state index < -0.39 is 29.4 Å². The Balaban J connectivity index is 2.12. The average molecular weight is 268 g/mol. The van der Waals surface area contributed by atoms with Gasteiger partial charge >= 0.3 is 0 Å². The number of primary amides is 1. The van der Waals surface area contributed by atoms with Gasteiger partial charge in [-0.3, -0.25) is 14.5 Å². The molecule has 19 heavy (non-hydrogen) atoms. The Bertz CT molecular complexity index is 519. The first kappa shape index (κ1) is 13.6. The van der Waals surface area contributed by atoms with Gasteiger partial charge in [0.1, 0.15) is 11.6 Å². The molecule has 102 valence electrons. The van der Waals surface area contributed by atoms with E-state index >= 15 is 0 Å². The van der Waals surface area contributed by atoms with Crippen LogP contribution in [0.3, 0.4) is 0 Å². The molecule has 1 heterocycles. The number of carbonyl (C=O) groups excluding carboxylic acids is 2. The van der Waals surface area contributed by atoms with Crippen molar-refractivity contribution < 1.29 is 18.4 Å². The number of hydrogen-bond acceptors (Lipinski definition) is 3. The molecule has 0 aromatic heterocycles. The van der Waals surface area contributed by atoms with Crippen LogP contribution in [0.1, 0.15) is 23.2 Å². The number of carbonyl (C=O) groups is 2. The van der Waals surface area contributed by atoms with E-state index in [0.717, 1.165) is 24.6 Å². The number of halogens is 2. The van der Waals surface area contributed by atoms with Crippen LogP contribution >= 0.6 is 0 Å². The second kappa shape index (κ2) is 5.44. The molecule has 0 spiro atoms. The molecule has 1 saturated heterocycles. The standard InChI is InChI=1S/C13H14F2N2O2/c14-8-3-4-10(15)9(6-8)12(18)7-17-5-1-2-11(17)13(16)19/h3-4,6,11H,1-2,5,7H2,(H2,16,19). The fourth-order valence-electron chi connectivity index (χ4n) is 2.32. The number of rotatable bonds is 4. The molecule has 1 aliphatic rings. The van der Waals surface area contributed by atoms with Crippen LogP contribution in [0.5, 0.6) is 0 Å². The normalized spacial score (nSPS) is 19.6. The van der Waals surface area contributed by atoms with E-state index in [9.17, 15) is 18.4 Å². The molecule has 6 heteroatoms. The van der Waals surface area contributed by atoms with Gasteiger partial charge in [0.15, 0.2) is 5.78 Å². The number of ketones is 1. The van der Waals surface area contributed by atoms with Gasteiger partial charge < -0.3 is 5.73 Å². The highest BCUT2D eigenvalue weighted by Gasteiger charge is 2.30. The first-order valence-electron chi connectivity index (χ1n) is 6.00. The lowest BCUT2D eigenvalue weighted by Crippen LogP contribution is -2.42. The first-order chi connectivity index (χ1) is 8.99. The molecule has 0 radical (unpaired) electrons. The summed E-state index contributed by atoms with van der Waals surface area (Å²) in [5.74, 6) is -2.48. The molecular weight excluding hydrogens is 254 g/mol. The Labute approximate surface area is 109 Å². The minimum atomic E-state index is -0.763. The molecule has 1 fully saturated rings. The molecule has 2 N–H and O–H groups in total. The highest BCUT2D eigenvalue weighted by molar-refractivity contribution is 5.98. The monoisotopic (exact) mass is 268 g/mol. The summed E-state index contributed by atoms with van der Waals surface area (Å²) in [4.78, 5) is 24.7. The van der Waals surface area contributed by atoms with Gasteiger partial charge in [-0.15, -0.1) is 0 Å². The molecule has 1 aliphatic heterocycles. The van der Waals surface area contributed by atoms with Crippen molar-refractivity contribution in [2.75, 3.05) is 13.1 Å². The number of Topliss-reactive ketones (excluding diaryl/α,β-unsaturated/α-hetero) is 1. The van der Waals surface area contributed by atoms with Crippen molar-refractivity contribution in [1.82, 2.24) is 4.90 Å². The summed E-state index contributed by atoms with van der Waals surface area (Å²) in [6, 6.07) is 2.24. The average Bonchev–Trinajstić information content (AvgIpc) is 2.80. The third-order valence-electron chi connectivity index (χ3n) is 3.27. The number of nitrogens with zero attached hydrogens (tertiary/aromatic N) is 1. The maximum Gasteiger partial charge on any atom is 0.234 e. The van der Waals surface area contributed by atoms with Gasteiger partial charge in [0, 0.05) is 0 Å². The predicted molar refractivity (Wildman–Crippen MR) is 64.5 cm³/mol. The Morgan fingerprint density at radius 2 is 2.11 bits per heavy atom. The smallest absolute Gasteiger partial charge is 0.234 e. The molecule has 0 aliphatic carbocycles. The maximum absolute atomic E-state index is 13.5. The van der Waals surface area contributed by atoms with Crippen molar-refractivity contribution in [1.29, 1.82) is 0 Å². The van der Waals surface area contributed by atoms with Crippen LogP contribution in [-0.4, -0.2) is 35.7 Å². The number of benzene rings is 1. The summed E-state index contributed by atoms with van der Waals surface area (Å²) in [6.07, 6.45) is 1.35. The van der Waals surface area contributed by atoms with E-state index in [1.165, 1.54) is 0 Å². The third kappa shape index (κ3) is 2.96. The summed E-state index contributed by atoms with van der Waals surface area (Å²) >= 11 is 0. The van der Waals surface area contributed by atoms with E-state index in [1.54, 1.807) is 4.90 Å². The summed E-state index contributed by atoms with van der Waals surface area (Å²) < 4.78 is 26.5. The highest BCUT2D eigenvalue weighted by atomic mass is 19.1. The van der Waals surface area contributed by atoms with Crippen LogP contribution in [0, 0.1) is 11.6 Å². The summed E-state index contributed by atoms with van der Waals surface area (Å²) in [6.45, 7) is 0.421. The van der Waals surface area contributed by atoms with E-state index in [2.05, 4.69) is 0 Å². The van der Waals surface area contributed by atoms with Gasteiger partial charge in [-0.05, 0) is 37.6 Å². The Morgan fingerprint density at radius 3 is 2.79 bits per heavy atom. The van der Waals surface area contributed by atoms with Gasteiger partial charge in [-0.1, -0.05) is 0 Å². The molecule has 0 bridgehead atoms. The minimum Gasteiger partial charge on any atom is -0.368 e. The molecule has 1 amide bonds. The quantitative estimate of drug-likeness (QED) is 0.832. The van der Waals surface area contributed by atoms with Gasteiger partial charge in [-0.25, -0.2) is 8.78 Å². The van der Waals surface area contributed by atoms with Crippen molar-refractivity contribution >= 4 is 11.7 Å². The van der Waals surface area contributed by atoms with Crippen molar-refractivity contribution in [3.05, 3.63) is 35.4 Å². The maximum atomic E-state index is 13.5. The number of hydrogen-bond donors (Lipinski definition) is 1. The van der Waals surface area contributed by atoms with Crippen molar-refractivity contribution in [3.63, 3.8) is 0 Å². The zero-order valence-corrected chi connectivity index (χ0v) is 10.2. The van der Waals surface area contributed by atoms with Crippen LogP contribution in [0.2, 0.25) is 0 Å². The van der Waals surface area contributed by atoms with Crippen molar-refractivity contribution in [2.45, 2.75) is 18.9 Å². The zero-order valence-electron chi connectivity index (χ0n) is 10.2. The van der Waals surface area contributed by atoms with E-state index in [1.807, 2.05) is 0 Å². The van der Waals surface area contributed by atoms with E-state index in [4.69, 9.17) is 5.73 Å². The third-order valence-corrected chi connectivity index (χ3v) is 3.27. The largest absolute Gasteiger partial charge is 0.368 e. The molecule has 1 unspecified atom stereocenters. The lowest BCUT2D eigenvalue weighted by atomic mass is 10.1. The van der Waals surface area contributed by atoms with E-state index in [0.29, 0.717) is 13.0 Å². The van der Waals surface area contributed by atoms with Crippen LogP contribution in [-0.2, 0) is 4.79 Å². The first-order valence-corrected chi connectivity index (χ1v) is 6.00. The topological polar surface area (TPSA) is 63.4 Å². The number of likely N-dealkylation sites (tertiary alicyclic amines) is 1. The fraction of sp³-hybridized carbons (Fsp3) is 0.385. The summed E-state index contributed by atoms with van der Waals surface area (Å²) in [5.41, 5.74) is 4.93. The van der Waals surface area contributed by atoms with Crippen LogP contribution in [0.25, 0.3) is 0 Å². The second-order valence-corrected chi connectivity index (χ2v) is 4.58. The second-order valence-electron chi connectivity index (χ2n) is 4.58. The molecule has 4 nitrogen and oxygen atoms in total. The number of nitrogens with two attached hydrogens (primary N) is 1. The highest BCUT2D eigenvalue weighted by Crippen LogP contribution is 2.18. The van der Waals surface area contributed by atoms with Crippen LogP contribution in [0.4, 0.5) is 8.78 Å². The minimum absolute atomic E-state index is 0.131. The lowest BCUT2D eigenvalue weighted by molar-refractivity contribution is -0.122. The van der Waals surface area contributed by atoms with Crippen LogP contribution < -0.4 is 5.73 Å². The molecule has 2 rings (SSSR count). The van der Waals surface area contributed by atoms with Crippen molar-refractivity contribution in [2.24, 2.45) is 5.73 Å². The summed E-state index contributed by atoms with van der Waals surface area (Å²) in [5, 5.41) is 0. The van der Waals surface area contributed by atoms with Gasteiger partial charge in [0.2, 0.25) is 5.91 Å². The fourth-order valence-corrected chi connectivity index (χ4v) is 2.32. The van der Waals surface area contributed by atoms with Crippen LogP contribution in [0.15, 0.2) is 18.2 Å². The molecule has 1 aromatic rings. The molecular formula is C13H14F2N2O2. The molecule has 1 atom stereocenters. The summed E-state index contributed by atoms with van der Waals surface area (Å²) in [7, 11) is 0. The zero-order chi connectivity index (χ0) is 14.0. The SMILES string of the molecule is NC(=O)C1CCCN1CC(=O)c1cc(F)ccc1F. The molecule has 0 saturated carbocycles. The van der Waals surface area contributed by atoms with Crippen molar-refractivity contribution in [3.8, 4) is 0 Å². The Kier molecular flexibility index (Phi) is 3.90.